The Bertz CT molecular complexity index is 1390. The van der Waals surface area contributed by atoms with E-state index in [1.807, 2.05) is 0 Å². The molecule has 0 amide bonds. The van der Waals surface area contributed by atoms with Gasteiger partial charge in [-0.25, -0.2) is 9.07 Å². The number of alkyl halides is 4. The highest BCUT2D eigenvalue weighted by molar-refractivity contribution is 8.14. The van der Waals surface area contributed by atoms with E-state index in [2.05, 4.69) is 15.2 Å². The van der Waals surface area contributed by atoms with Crippen LogP contribution in [0.15, 0.2) is 63.2 Å². The second-order valence-corrected chi connectivity index (χ2v) is 10.00. The molecular formula is C23H16Cl2F4N4OS. The molecule has 0 saturated heterocycles. The lowest BCUT2D eigenvalue weighted by atomic mass is 9.77. The van der Waals surface area contributed by atoms with Gasteiger partial charge in [-0.05, 0) is 37.3 Å². The van der Waals surface area contributed by atoms with E-state index in [1.165, 1.54) is 55.1 Å². The molecule has 0 radical (unpaired) electrons. The van der Waals surface area contributed by atoms with Crippen LogP contribution in [0.1, 0.15) is 23.9 Å². The van der Waals surface area contributed by atoms with Crippen molar-refractivity contribution in [2.75, 3.05) is 12.3 Å². The van der Waals surface area contributed by atoms with Gasteiger partial charge in [-0.3, -0.25) is 4.99 Å². The first-order valence-electron chi connectivity index (χ1n) is 10.4. The van der Waals surface area contributed by atoms with Gasteiger partial charge in [0.05, 0.1) is 28.4 Å². The molecule has 2 aliphatic rings. The fraction of sp³-hybridized carbons (Fsp3) is 0.261. The minimum Gasteiger partial charge on any atom is -0.355 e. The molecule has 35 heavy (non-hydrogen) atoms. The average Bonchev–Trinajstić information content (AvgIpc) is 3.55. The van der Waals surface area contributed by atoms with Gasteiger partial charge in [0.25, 0.3) is 0 Å². The van der Waals surface area contributed by atoms with Crippen LogP contribution in [0.25, 0.3) is 17.0 Å². The van der Waals surface area contributed by atoms with Gasteiger partial charge in [0.2, 0.25) is 0 Å². The third-order valence-electron chi connectivity index (χ3n) is 5.89. The zero-order chi connectivity index (χ0) is 25.0. The van der Waals surface area contributed by atoms with E-state index < -0.39 is 23.5 Å². The van der Waals surface area contributed by atoms with Crippen LogP contribution in [-0.4, -0.2) is 38.5 Å². The monoisotopic (exact) mass is 542 g/mol. The van der Waals surface area contributed by atoms with Crippen LogP contribution in [0.4, 0.5) is 17.6 Å². The Morgan fingerprint density at radius 3 is 2.71 bits per heavy atom. The van der Waals surface area contributed by atoms with Gasteiger partial charge in [0.15, 0.2) is 11.5 Å². The van der Waals surface area contributed by atoms with Crippen molar-refractivity contribution >= 4 is 40.0 Å². The quantitative estimate of drug-likeness (QED) is 0.333. The lowest BCUT2D eigenvalue weighted by Gasteiger charge is -2.31. The summed E-state index contributed by atoms with van der Waals surface area (Å²) in [6.45, 7) is 1.99. The van der Waals surface area contributed by atoms with Crippen LogP contribution < -0.4 is 0 Å². The number of nitrogens with zero attached hydrogens (tertiary/aromatic N) is 4. The van der Waals surface area contributed by atoms with Crippen LogP contribution in [0.2, 0.25) is 5.02 Å². The Labute approximate surface area is 211 Å². The minimum atomic E-state index is -4.82. The summed E-state index contributed by atoms with van der Waals surface area (Å²) >= 11 is 13.8. The van der Waals surface area contributed by atoms with E-state index >= 15 is 4.39 Å². The summed E-state index contributed by atoms with van der Waals surface area (Å²) in [6, 6.07) is 5.89. The van der Waals surface area contributed by atoms with Crippen molar-refractivity contribution in [1.82, 2.24) is 14.9 Å². The Kier molecular flexibility index (Phi) is 6.09. The molecule has 3 aromatic rings. The molecule has 5 nitrogen and oxygen atoms in total. The Balaban J connectivity index is 1.77. The molecular weight excluding hydrogens is 527 g/mol. The van der Waals surface area contributed by atoms with Crippen LogP contribution >= 0.6 is 35.0 Å². The fourth-order valence-corrected chi connectivity index (χ4v) is 5.43. The second-order valence-electron chi connectivity index (χ2n) is 8.07. The van der Waals surface area contributed by atoms with Crippen molar-refractivity contribution in [1.29, 1.82) is 0 Å². The van der Waals surface area contributed by atoms with Crippen molar-refractivity contribution in [2.45, 2.75) is 24.7 Å². The molecule has 5 rings (SSSR count). The number of allylic oxidation sites excluding steroid dienone is 4. The largest absolute Gasteiger partial charge is 0.434 e. The molecule has 1 aliphatic heterocycles. The summed E-state index contributed by atoms with van der Waals surface area (Å²) in [6.07, 6.45) is -1.04. The number of aliphatic imine (C=N–C) groups is 1. The molecule has 0 fully saturated rings. The molecule has 0 saturated carbocycles. The predicted molar refractivity (Wildman–Crippen MR) is 128 cm³/mol. The maximum absolute atomic E-state index is 15.2. The zero-order valence-corrected chi connectivity index (χ0v) is 20.3. The van der Waals surface area contributed by atoms with Gasteiger partial charge in [-0.1, -0.05) is 40.5 Å². The van der Waals surface area contributed by atoms with Gasteiger partial charge < -0.3 is 4.52 Å². The SMILES string of the molecule is CC1(c2noc(-c3cnn(-c4cccc(Cl)c4)c3C(F)(F)F)c2C2=NCCS2)C(Cl)=CC=CC1F. The maximum Gasteiger partial charge on any atom is 0.434 e. The van der Waals surface area contributed by atoms with Crippen LogP contribution in [0.3, 0.4) is 0 Å². The minimum absolute atomic E-state index is 0.0716. The van der Waals surface area contributed by atoms with E-state index in [4.69, 9.17) is 27.7 Å². The molecule has 3 heterocycles. The van der Waals surface area contributed by atoms with Gasteiger partial charge in [-0.15, -0.1) is 11.8 Å². The third kappa shape index (κ3) is 4.01. The summed E-state index contributed by atoms with van der Waals surface area (Å²) in [7, 11) is 0. The molecule has 1 aromatic carbocycles. The van der Waals surface area contributed by atoms with Crippen molar-refractivity contribution < 1.29 is 22.1 Å². The molecule has 0 N–H and O–H groups in total. The maximum atomic E-state index is 15.2. The standard InChI is InChI=1S/C23H16Cl2F4N4OS/c1-22(15(25)6-3-7-16(22)26)19-17(21-30-8-9-35-21)18(34-32-19)14-11-31-33(20(14)23(27,28)29)13-5-2-4-12(24)10-13/h2-7,10-11,16H,8-9H2,1H3. The molecule has 1 aliphatic carbocycles. The highest BCUT2D eigenvalue weighted by atomic mass is 35.5. The number of hydrogen-bond acceptors (Lipinski definition) is 5. The summed E-state index contributed by atoms with van der Waals surface area (Å²) in [5, 5.41) is 8.85. The predicted octanol–water partition coefficient (Wildman–Crippen LogP) is 6.98. The number of hydrogen-bond donors (Lipinski definition) is 0. The number of halogens is 6. The number of rotatable bonds is 4. The van der Waals surface area contributed by atoms with Crippen molar-refractivity contribution in [3.05, 3.63) is 75.7 Å². The Morgan fingerprint density at radius 1 is 1.26 bits per heavy atom. The van der Waals surface area contributed by atoms with Crippen LogP contribution in [0, 0.1) is 0 Å². The van der Waals surface area contributed by atoms with Crippen molar-refractivity contribution in [3.63, 3.8) is 0 Å². The number of aromatic nitrogens is 3. The summed E-state index contributed by atoms with van der Waals surface area (Å²) < 4.78 is 64.7. The third-order valence-corrected chi connectivity index (χ3v) is 7.64. The lowest BCUT2D eigenvalue weighted by molar-refractivity contribution is -0.142. The number of thioether (sulfide) groups is 1. The van der Waals surface area contributed by atoms with E-state index in [-0.39, 0.29) is 38.3 Å². The second kappa shape index (κ2) is 8.83. The molecule has 0 bridgehead atoms. The summed E-state index contributed by atoms with van der Waals surface area (Å²) in [5.74, 6) is 0.410. The Morgan fingerprint density at radius 2 is 2.06 bits per heavy atom. The highest BCUT2D eigenvalue weighted by Crippen LogP contribution is 2.48. The van der Waals surface area contributed by atoms with Gasteiger partial charge in [-0.2, -0.15) is 18.3 Å². The smallest absolute Gasteiger partial charge is 0.355 e. The molecule has 2 aromatic heterocycles. The van der Waals surface area contributed by atoms with Crippen molar-refractivity contribution in [3.8, 4) is 17.0 Å². The van der Waals surface area contributed by atoms with Gasteiger partial charge in [0, 0.05) is 22.4 Å². The highest BCUT2D eigenvalue weighted by Gasteiger charge is 2.47. The van der Waals surface area contributed by atoms with Crippen molar-refractivity contribution in [2.24, 2.45) is 4.99 Å². The molecule has 2 unspecified atom stereocenters. The molecule has 0 spiro atoms. The first kappa shape index (κ1) is 24.1. The lowest BCUT2D eigenvalue weighted by Crippen LogP contribution is -2.36. The summed E-state index contributed by atoms with van der Waals surface area (Å²) in [5.41, 5.74) is -2.55. The Hall–Kier alpha value is -2.56. The fourth-order valence-electron chi connectivity index (χ4n) is 4.08. The first-order valence-corrected chi connectivity index (χ1v) is 12.1. The van der Waals surface area contributed by atoms with E-state index in [1.54, 1.807) is 6.07 Å². The van der Waals surface area contributed by atoms with Gasteiger partial charge >= 0.3 is 6.18 Å². The zero-order valence-electron chi connectivity index (χ0n) is 18.0. The first-order chi connectivity index (χ1) is 16.6. The van der Waals surface area contributed by atoms with Crippen LogP contribution in [0.5, 0.6) is 0 Å². The molecule has 12 heteroatoms. The molecule has 2 atom stereocenters. The normalized spacial score (nSPS) is 22.4. The van der Waals surface area contributed by atoms with Crippen LogP contribution in [-0.2, 0) is 11.6 Å². The van der Waals surface area contributed by atoms with Gasteiger partial charge in [0.1, 0.15) is 16.9 Å². The topological polar surface area (TPSA) is 56.2 Å². The van der Waals surface area contributed by atoms with E-state index in [0.717, 1.165) is 10.9 Å². The van der Waals surface area contributed by atoms with E-state index in [9.17, 15) is 13.2 Å². The summed E-state index contributed by atoms with van der Waals surface area (Å²) in [4.78, 5) is 4.42. The average molecular weight is 543 g/mol. The number of benzene rings is 1. The van der Waals surface area contributed by atoms with E-state index in [0.29, 0.717) is 17.3 Å². The molecule has 182 valence electrons.